The van der Waals surface area contributed by atoms with Gasteiger partial charge in [-0.1, -0.05) is 0 Å². The van der Waals surface area contributed by atoms with Crippen LogP contribution in [0.3, 0.4) is 0 Å². The summed E-state index contributed by atoms with van der Waals surface area (Å²) in [5.74, 6) is 2.07. The SMILES string of the molecule is C/B=C\C=C1\C=CC=CC1. The molecule has 0 aromatic rings. The molecule has 0 radical (unpaired) electrons. The standard InChI is InChI=1S/C9H11B/c1-10-8-7-9-5-3-2-4-6-9/h2-5,7-8H,6H2,1H3/b9-7-. The summed E-state index contributed by atoms with van der Waals surface area (Å²) in [5.41, 5.74) is 1.38. The Balaban J connectivity index is 2.58. The molecule has 0 aromatic heterocycles. The Morgan fingerprint density at radius 3 is 3.00 bits per heavy atom. The van der Waals surface area contributed by atoms with Gasteiger partial charge < -0.3 is 0 Å². The zero-order chi connectivity index (χ0) is 7.23. The van der Waals surface area contributed by atoms with Gasteiger partial charge in [0.15, 0.2) is 0 Å². The van der Waals surface area contributed by atoms with Crippen molar-refractivity contribution in [1.82, 2.24) is 0 Å². The van der Waals surface area contributed by atoms with E-state index in [9.17, 15) is 0 Å². The second kappa shape index (κ2) is 4.05. The van der Waals surface area contributed by atoms with Crippen molar-refractivity contribution in [1.29, 1.82) is 0 Å². The minimum absolute atomic E-state index is 1.07. The molecule has 0 spiro atoms. The van der Waals surface area contributed by atoms with Crippen LogP contribution < -0.4 is 0 Å². The van der Waals surface area contributed by atoms with Gasteiger partial charge in [0.2, 0.25) is 0 Å². The average Bonchev–Trinajstić information content (AvgIpc) is 2.03. The molecule has 0 unspecified atom stereocenters. The van der Waals surface area contributed by atoms with Crippen LogP contribution in [0.15, 0.2) is 36.0 Å². The molecule has 0 saturated heterocycles. The van der Waals surface area contributed by atoms with E-state index in [1.807, 2.05) is 13.7 Å². The quantitative estimate of drug-likeness (QED) is 0.476. The number of rotatable bonds is 1. The first kappa shape index (κ1) is 7.26. The fraction of sp³-hybridized carbons (Fsp3) is 0.222. The van der Waals surface area contributed by atoms with E-state index in [-0.39, 0.29) is 0 Å². The van der Waals surface area contributed by atoms with E-state index in [4.69, 9.17) is 0 Å². The summed E-state index contributed by atoms with van der Waals surface area (Å²) >= 11 is 0. The summed E-state index contributed by atoms with van der Waals surface area (Å²) in [6, 6.07) is 0. The van der Waals surface area contributed by atoms with Crippen molar-refractivity contribution >= 4 is 12.9 Å². The predicted molar refractivity (Wildman–Crippen MR) is 48.7 cm³/mol. The summed E-state index contributed by atoms with van der Waals surface area (Å²) in [6.07, 6.45) is 11.7. The molecule has 1 rings (SSSR count). The Morgan fingerprint density at radius 1 is 1.50 bits per heavy atom. The van der Waals surface area contributed by atoms with Crippen LogP contribution in [0, 0.1) is 0 Å². The monoisotopic (exact) mass is 130 g/mol. The maximum absolute atomic E-state index is 2.16. The van der Waals surface area contributed by atoms with Crippen molar-refractivity contribution in [3.63, 3.8) is 0 Å². The van der Waals surface area contributed by atoms with Crippen LogP contribution in [0.25, 0.3) is 0 Å². The fourth-order valence-corrected chi connectivity index (χ4v) is 0.873. The van der Waals surface area contributed by atoms with Crippen LogP contribution in [-0.4, -0.2) is 12.9 Å². The van der Waals surface area contributed by atoms with Gasteiger partial charge >= 0.3 is 62.1 Å². The van der Waals surface area contributed by atoms with Crippen molar-refractivity contribution in [2.75, 3.05) is 0 Å². The molecule has 0 amide bonds. The molecular formula is C9H11B. The van der Waals surface area contributed by atoms with Crippen molar-refractivity contribution in [3.05, 3.63) is 36.0 Å². The molecule has 0 fully saturated rings. The molecule has 1 aliphatic rings. The molecule has 0 aromatic carbocycles. The van der Waals surface area contributed by atoms with E-state index in [1.54, 1.807) is 0 Å². The molecule has 0 bridgehead atoms. The number of allylic oxidation sites excluding steroid dienone is 6. The van der Waals surface area contributed by atoms with Crippen LogP contribution in [0.2, 0.25) is 6.82 Å². The van der Waals surface area contributed by atoms with Crippen molar-refractivity contribution < 1.29 is 0 Å². The van der Waals surface area contributed by atoms with Gasteiger partial charge in [0.1, 0.15) is 0 Å². The van der Waals surface area contributed by atoms with E-state index in [0.717, 1.165) is 6.42 Å². The van der Waals surface area contributed by atoms with Crippen LogP contribution in [0.4, 0.5) is 0 Å². The van der Waals surface area contributed by atoms with Gasteiger partial charge in [0.25, 0.3) is 0 Å². The summed E-state index contributed by atoms with van der Waals surface area (Å²) in [5, 5.41) is 0. The average molecular weight is 130 g/mol. The summed E-state index contributed by atoms with van der Waals surface area (Å²) in [7, 11) is 0. The molecule has 1 aliphatic carbocycles. The Bertz CT molecular complexity index is 207. The molecule has 0 N–H and O–H groups in total. The normalized spacial score (nSPS) is 20.3. The molecule has 0 heterocycles. The minimum atomic E-state index is 1.07. The molecule has 0 nitrogen and oxygen atoms in total. The second-order valence-corrected chi connectivity index (χ2v) is 2.26. The molecule has 0 saturated carbocycles. The van der Waals surface area contributed by atoms with Gasteiger partial charge in [0.05, 0.1) is 0 Å². The zero-order valence-corrected chi connectivity index (χ0v) is 6.25. The molecule has 50 valence electrons. The van der Waals surface area contributed by atoms with Crippen molar-refractivity contribution in [2.45, 2.75) is 13.2 Å². The van der Waals surface area contributed by atoms with Crippen molar-refractivity contribution in [3.8, 4) is 0 Å². The Labute approximate surface area is 62.9 Å². The topological polar surface area (TPSA) is 0 Å². The molecular weight excluding hydrogens is 119 g/mol. The first-order valence-electron chi connectivity index (χ1n) is 3.58. The Morgan fingerprint density at radius 2 is 2.40 bits per heavy atom. The van der Waals surface area contributed by atoms with Gasteiger partial charge in [-0.3, -0.25) is 0 Å². The van der Waals surface area contributed by atoms with E-state index < -0.39 is 0 Å². The summed E-state index contributed by atoms with van der Waals surface area (Å²) < 4.78 is 0. The number of hydrogen-bond donors (Lipinski definition) is 0. The van der Waals surface area contributed by atoms with Gasteiger partial charge in [0, 0.05) is 0 Å². The molecule has 0 aliphatic heterocycles. The summed E-state index contributed by atoms with van der Waals surface area (Å²) in [6.45, 7) is 4.07. The van der Waals surface area contributed by atoms with E-state index in [2.05, 4.69) is 36.3 Å². The number of hydrogen-bond acceptors (Lipinski definition) is 0. The molecule has 10 heavy (non-hydrogen) atoms. The van der Waals surface area contributed by atoms with Crippen molar-refractivity contribution in [2.24, 2.45) is 0 Å². The maximum atomic E-state index is 2.16. The van der Waals surface area contributed by atoms with Gasteiger partial charge in [-0.2, -0.15) is 0 Å². The third-order valence-corrected chi connectivity index (χ3v) is 1.41. The van der Waals surface area contributed by atoms with Gasteiger partial charge in [-0.25, -0.2) is 0 Å². The molecule has 1 heteroatoms. The van der Waals surface area contributed by atoms with Crippen LogP contribution >= 0.6 is 0 Å². The zero-order valence-electron chi connectivity index (χ0n) is 6.25. The first-order chi connectivity index (χ1) is 4.93. The second-order valence-electron chi connectivity index (χ2n) is 2.26. The van der Waals surface area contributed by atoms with Crippen LogP contribution in [-0.2, 0) is 0 Å². The summed E-state index contributed by atoms with van der Waals surface area (Å²) in [4.78, 5) is 0. The third-order valence-electron chi connectivity index (χ3n) is 1.41. The van der Waals surface area contributed by atoms with Crippen LogP contribution in [0.1, 0.15) is 6.42 Å². The van der Waals surface area contributed by atoms with Gasteiger partial charge in [-0.05, 0) is 0 Å². The van der Waals surface area contributed by atoms with E-state index in [0.29, 0.717) is 0 Å². The van der Waals surface area contributed by atoms with Crippen LogP contribution in [0.5, 0.6) is 0 Å². The molecule has 0 atom stereocenters. The Kier molecular flexibility index (Phi) is 2.94. The third kappa shape index (κ3) is 2.18. The Hall–Kier alpha value is -0.845. The van der Waals surface area contributed by atoms with E-state index in [1.165, 1.54) is 5.57 Å². The predicted octanol–water partition coefficient (Wildman–Crippen LogP) is 1.98. The fourth-order valence-electron chi connectivity index (χ4n) is 0.873. The van der Waals surface area contributed by atoms with Gasteiger partial charge in [-0.15, -0.1) is 0 Å². The van der Waals surface area contributed by atoms with E-state index >= 15 is 0 Å². The first-order valence-corrected chi connectivity index (χ1v) is 3.58.